The zero-order valence-electron chi connectivity index (χ0n) is 12.0. The molecule has 0 fully saturated rings. The molecule has 122 valence electrons. The van der Waals surface area contributed by atoms with Crippen LogP contribution in [0.2, 0.25) is 0 Å². The second kappa shape index (κ2) is 4.37. The fourth-order valence-corrected chi connectivity index (χ4v) is 2.06. The van der Waals surface area contributed by atoms with Gasteiger partial charge in [-0.2, -0.15) is 0 Å². The predicted molar refractivity (Wildman–Crippen MR) is 72.3 cm³/mol. The van der Waals surface area contributed by atoms with E-state index < -0.39 is 7.81 Å². The molecule has 1 heterocycles. The summed E-state index contributed by atoms with van der Waals surface area (Å²) < 4.78 is 60.1. The van der Waals surface area contributed by atoms with Crippen LogP contribution in [0.15, 0.2) is 22.8 Å². The molecule has 0 saturated carbocycles. The molecule has 0 aliphatic carbocycles. The summed E-state index contributed by atoms with van der Waals surface area (Å²) in [5.41, 5.74) is 2.42. The van der Waals surface area contributed by atoms with Crippen molar-refractivity contribution in [1.29, 1.82) is 0 Å². The molecule has 1 rings (SSSR count). The van der Waals surface area contributed by atoms with Crippen LogP contribution in [0, 0.1) is 0 Å². The van der Waals surface area contributed by atoms with E-state index in [9.17, 15) is 25.2 Å². The molecule has 20 heavy (non-hydrogen) atoms. The number of hydrogen-bond acceptors (Lipinski definition) is 0. The molecular weight excluding hydrogens is 327 g/mol. The molecule has 0 unspecified atom stereocenters. The minimum atomic E-state index is -10.7. The van der Waals surface area contributed by atoms with Crippen molar-refractivity contribution in [3.63, 3.8) is 0 Å². The number of hydrogen-bond donors (Lipinski definition) is 0. The van der Waals surface area contributed by atoms with Crippen molar-refractivity contribution >= 4 is 19.4 Å². The Morgan fingerprint density at radius 2 is 1.40 bits per heavy atom. The quantitative estimate of drug-likeness (QED) is 0.274. The second-order valence-electron chi connectivity index (χ2n) is 5.87. The van der Waals surface area contributed by atoms with Gasteiger partial charge in [0.1, 0.15) is 12.1 Å². The Balaban J connectivity index is 0.000000441. The fourth-order valence-electron chi connectivity index (χ4n) is 1.65. The van der Waals surface area contributed by atoms with Gasteiger partial charge in [0.05, 0.1) is 19.1 Å². The average Bonchev–Trinajstić information content (AvgIpc) is 2.07. The normalized spacial score (nSPS) is 25.3. The summed E-state index contributed by atoms with van der Waals surface area (Å²) in [6.07, 6.45) is 0. The maximum absolute atomic E-state index is 10.7. The van der Waals surface area contributed by atoms with Crippen LogP contribution in [-0.4, -0.2) is 30.7 Å². The monoisotopic (exact) mass is 345 g/mol. The van der Waals surface area contributed by atoms with Gasteiger partial charge in [-0.25, -0.2) is 0 Å². The molecule has 9 heteroatoms. The van der Waals surface area contributed by atoms with Crippen LogP contribution in [0.1, 0.15) is 20.8 Å². The van der Waals surface area contributed by atoms with E-state index in [0.29, 0.717) is 0 Å². The first-order valence-corrected chi connectivity index (χ1v) is 8.00. The molecule has 0 aromatic rings. The first-order valence-electron chi connectivity index (χ1n) is 5.59. The summed E-state index contributed by atoms with van der Waals surface area (Å²) in [7, 11) is -6.27. The molecule has 0 atom stereocenters. The van der Waals surface area contributed by atoms with Gasteiger partial charge < -0.3 is 4.48 Å². The van der Waals surface area contributed by atoms with Gasteiger partial charge in [-0.05, 0) is 26.3 Å². The Bertz CT molecular complexity index is 449. The van der Waals surface area contributed by atoms with Gasteiger partial charge in [0.25, 0.3) is 0 Å². The van der Waals surface area contributed by atoms with Crippen molar-refractivity contribution in [2.75, 3.05) is 20.6 Å². The van der Waals surface area contributed by atoms with Crippen LogP contribution in [0.3, 0.4) is 0 Å². The van der Waals surface area contributed by atoms with Gasteiger partial charge in [-0.3, -0.25) is 0 Å². The van der Waals surface area contributed by atoms with E-state index in [1.165, 1.54) is 5.57 Å². The van der Waals surface area contributed by atoms with E-state index in [1.54, 1.807) is 0 Å². The summed E-state index contributed by atoms with van der Waals surface area (Å²) in [5.74, 6) is 0. The summed E-state index contributed by atoms with van der Waals surface area (Å²) in [5, 5.41) is 0.953. The van der Waals surface area contributed by atoms with Gasteiger partial charge in [0.2, 0.25) is 0 Å². The van der Waals surface area contributed by atoms with E-state index in [2.05, 4.69) is 41.4 Å². The fraction of sp³-hybridized carbons (Fsp3) is 0.636. The van der Waals surface area contributed by atoms with E-state index >= 15 is 0 Å². The Morgan fingerprint density at radius 1 is 1.10 bits per heavy atom. The Kier molecular flexibility index (Phi) is 4.31. The molecule has 0 radical (unpaired) electrons. The average molecular weight is 346 g/mol. The molecule has 0 spiro atoms. The zero-order valence-corrected chi connectivity index (χ0v) is 13.6. The predicted octanol–water partition coefficient (Wildman–Crippen LogP) is 6.31. The van der Waals surface area contributed by atoms with Crippen LogP contribution in [0.5, 0.6) is 0 Å². The van der Waals surface area contributed by atoms with Crippen molar-refractivity contribution in [2.45, 2.75) is 26.3 Å². The third-order valence-corrected chi connectivity index (χ3v) is 4.05. The molecule has 1 aliphatic heterocycles. The van der Waals surface area contributed by atoms with Crippen LogP contribution < -0.4 is 0 Å². The van der Waals surface area contributed by atoms with Gasteiger partial charge >= 0.3 is 33.0 Å². The third kappa shape index (κ3) is 6.46. The topological polar surface area (TPSA) is 0 Å². The Morgan fingerprint density at radius 3 is 1.70 bits per heavy atom. The second-order valence-corrected chi connectivity index (χ2v) is 8.24. The van der Waals surface area contributed by atoms with Crippen LogP contribution in [-0.2, 0) is 0 Å². The van der Waals surface area contributed by atoms with E-state index in [1.807, 2.05) is 0 Å². The number of halogens is 7. The SMILES string of the molecule is C=C1C(C)=C(Cl)C[N+](C)(C)C1(C)C.F[P-](F)(F)(F)(F)F. The molecular formula is C11H19ClF6NP. The molecule has 0 N–H and O–H groups in total. The van der Waals surface area contributed by atoms with Crippen LogP contribution >= 0.6 is 19.4 Å². The molecule has 1 nitrogen and oxygen atoms in total. The molecule has 0 bridgehead atoms. The van der Waals surface area contributed by atoms with Crippen molar-refractivity contribution < 1.29 is 29.7 Å². The van der Waals surface area contributed by atoms with Gasteiger partial charge in [0.15, 0.2) is 0 Å². The van der Waals surface area contributed by atoms with E-state index in [4.69, 9.17) is 11.6 Å². The maximum atomic E-state index is 9.87. The molecule has 1 aliphatic rings. The Hall–Kier alpha value is -0.260. The summed E-state index contributed by atoms with van der Waals surface area (Å²) >= 11 is 6.18. The first kappa shape index (κ1) is 19.7. The van der Waals surface area contributed by atoms with E-state index in [-0.39, 0.29) is 5.54 Å². The number of likely N-dealkylation sites (N-methyl/N-ethyl adjacent to an activating group) is 1. The van der Waals surface area contributed by atoms with E-state index in [0.717, 1.165) is 21.6 Å². The number of rotatable bonds is 0. The van der Waals surface area contributed by atoms with Crippen LogP contribution in [0.4, 0.5) is 25.2 Å². The van der Waals surface area contributed by atoms with Crippen LogP contribution in [0.25, 0.3) is 0 Å². The Labute approximate surface area is 119 Å². The summed E-state index contributed by atoms with van der Waals surface area (Å²) in [6, 6.07) is 0. The van der Waals surface area contributed by atoms with Crippen molar-refractivity contribution in [2.24, 2.45) is 0 Å². The molecule has 0 aromatic heterocycles. The van der Waals surface area contributed by atoms with Gasteiger partial charge in [-0.1, -0.05) is 18.2 Å². The third-order valence-electron chi connectivity index (χ3n) is 3.65. The standard InChI is InChI=1S/C11H19ClN.F6P/c1-8-9(2)11(3,4)13(5,6)7-10(8)12;1-7(2,3,4,5)6/h2,7H2,1,3-6H3;/q+1;-1. The summed E-state index contributed by atoms with van der Waals surface area (Å²) in [4.78, 5) is 0. The first-order chi connectivity index (χ1) is 8.15. The van der Waals surface area contributed by atoms with Gasteiger partial charge in [0, 0.05) is 5.57 Å². The summed E-state index contributed by atoms with van der Waals surface area (Å²) in [6.45, 7) is 11.5. The number of nitrogens with zero attached hydrogens (tertiary/aromatic N) is 1. The van der Waals surface area contributed by atoms with Crippen molar-refractivity contribution in [3.05, 3.63) is 22.8 Å². The zero-order chi connectivity index (χ0) is 16.8. The van der Waals surface area contributed by atoms with Crippen molar-refractivity contribution in [3.8, 4) is 0 Å². The molecule has 0 amide bonds. The number of quaternary nitrogens is 1. The minimum absolute atomic E-state index is 0.0858. The molecule has 0 saturated heterocycles. The van der Waals surface area contributed by atoms with Crippen molar-refractivity contribution in [1.82, 2.24) is 0 Å². The molecule has 0 aromatic carbocycles. The van der Waals surface area contributed by atoms with Gasteiger partial charge in [-0.15, -0.1) is 0 Å².